The summed E-state index contributed by atoms with van der Waals surface area (Å²) in [5.74, 6) is 0.260. The lowest BCUT2D eigenvalue weighted by atomic mass is 9.88. The number of hydrogen-bond donors (Lipinski definition) is 2. The highest BCUT2D eigenvalue weighted by Gasteiger charge is 2.18. The molecule has 0 aromatic heterocycles. The number of ether oxygens (including phenoxy) is 1. The smallest absolute Gasteiger partial charge is 0.263 e. The fourth-order valence-corrected chi connectivity index (χ4v) is 3.86. The van der Waals surface area contributed by atoms with Gasteiger partial charge in [-0.05, 0) is 73.4 Å². The monoisotopic (exact) mass is 403 g/mol. The summed E-state index contributed by atoms with van der Waals surface area (Å²) in [5.41, 5.74) is 5.68. The Kier molecular flexibility index (Phi) is 7.13. The van der Waals surface area contributed by atoms with Crippen molar-refractivity contribution in [3.05, 3.63) is 70.4 Å². The van der Waals surface area contributed by atoms with E-state index in [1.165, 1.54) is 30.2 Å². The number of nitriles is 1. The fraction of sp³-hybridized carbons (Fsp3) is 0.360. The molecule has 0 bridgehead atoms. The second-order valence-corrected chi connectivity index (χ2v) is 7.69. The van der Waals surface area contributed by atoms with Gasteiger partial charge in [-0.3, -0.25) is 4.79 Å². The van der Waals surface area contributed by atoms with E-state index in [1.807, 2.05) is 38.1 Å². The average molecular weight is 404 g/mol. The average Bonchev–Trinajstić information content (AvgIpc) is 2.77. The number of anilines is 1. The van der Waals surface area contributed by atoms with Crippen LogP contribution in [-0.2, 0) is 17.6 Å². The third-order valence-corrected chi connectivity index (χ3v) is 5.58. The van der Waals surface area contributed by atoms with Gasteiger partial charge in [0, 0.05) is 6.20 Å². The molecule has 1 amide bonds. The molecule has 0 radical (unpaired) electrons. The molecule has 0 aliphatic heterocycles. The minimum Gasteiger partial charge on any atom is -0.495 e. The van der Waals surface area contributed by atoms with Crippen molar-refractivity contribution >= 4 is 11.6 Å². The number of methoxy groups -OCH3 is 1. The van der Waals surface area contributed by atoms with Gasteiger partial charge in [0.05, 0.1) is 18.8 Å². The van der Waals surface area contributed by atoms with Gasteiger partial charge in [0.2, 0.25) is 0 Å². The summed E-state index contributed by atoms with van der Waals surface area (Å²) in [6.07, 6.45) is 6.88. The van der Waals surface area contributed by atoms with E-state index in [-0.39, 0.29) is 17.5 Å². The van der Waals surface area contributed by atoms with Crippen molar-refractivity contribution in [2.24, 2.45) is 0 Å². The van der Waals surface area contributed by atoms with Crippen molar-refractivity contribution in [1.82, 2.24) is 5.32 Å². The number of carbonyl (C=O) groups is 1. The first kappa shape index (κ1) is 21.4. The molecule has 1 atom stereocenters. The molecular weight excluding hydrogens is 374 g/mol. The van der Waals surface area contributed by atoms with Crippen molar-refractivity contribution < 1.29 is 9.53 Å². The number of amides is 1. The maximum Gasteiger partial charge on any atom is 0.263 e. The highest BCUT2D eigenvalue weighted by molar-refractivity contribution is 5.97. The van der Waals surface area contributed by atoms with E-state index in [0.29, 0.717) is 11.4 Å². The molecule has 2 aromatic rings. The third-order valence-electron chi connectivity index (χ3n) is 5.58. The van der Waals surface area contributed by atoms with Crippen molar-refractivity contribution in [3.63, 3.8) is 0 Å². The van der Waals surface area contributed by atoms with E-state index in [4.69, 9.17) is 4.74 Å². The van der Waals surface area contributed by atoms with Crippen molar-refractivity contribution in [2.75, 3.05) is 12.4 Å². The summed E-state index contributed by atoms with van der Waals surface area (Å²) in [6, 6.07) is 14.1. The Labute approximate surface area is 178 Å². The predicted molar refractivity (Wildman–Crippen MR) is 119 cm³/mol. The fourth-order valence-electron chi connectivity index (χ4n) is 3.86. The molecular formula is C25H29N3O2. The van der Waals surface area contributed by atoms with Gasteiger partial charge in [0.25, 0.3) is 5.91 Å². The van der Waals surface area contributed by atoms with Crippen LogP contribution in [0.25, 0.3) is 0 Å². The molecule has 0 saturated heterocycles. The summed E-state index contributed by atoms with van der Waals surface area (Å²) in [4.78, 5) is 12.8. The number of carbonyl (C=O) groups excluding carboxylic acids is 1. The van der Waals surface area contributed by atoms with Gasteiger partial charge >= 0.3 is 0 Å². The lowest BCUT2D eigenvalue weighted by molar-refractivity contribution is -0.117. The molecule has 30 heavy (non-hydrogen) atoms. The van der Waals surface area contributed by atoms with Crippen molar-refractivity contribution in [1.29, 1.82) is 5.26 Å². The van der Waals surface area contributed by atoms with Crippen LogP contribution in [0.5, 0.6) is 5.75 Å². The molecule has 2 aromatic carbocycles. The summed E-state index contributed by atoms with van der Waals surface area (Å²) in [6.45, 7) is 4.01. The summed E-state index contributed by atoms with van der Waals surface area (Å²) in [7, 11) is 1.59. The maximum absolute atomic E-state index is 12.8. The number of hydrogen-bond acceptors (Lipinski definition) is 4. The molecule has 5 nitrogen and oxygen atoms in total. The van der Waals surface area contributed by atoms with E-state index in [1.54, 1.807) is 7.11 Å². The minimum absolute atomic E-state index is 0.0231. The quantitative estimate of drug-likeness (QED) is 0.506. The molecule has 0 saturated carbocycles. The summed E-state index contributed by atoms with van der Waals surface area (Å²) < 4.78 is 5.34. The molecule has 156 valence electrons. The van der Waals surface area contributed by atoms with Gasteiger partial charge in [-0.25, -0.2) is 0 Å². The van der Waals surface area contributed by atoms with E-state index in [2.05, 4.69) is 28.8 Å². The Hall–Kier alpha value is -3.26. The van der Waals surface area contributed by atoms with E-state index in [0.717, 1.165) is 30.4 Å². The van der Waals surface area contributed by atoms with Crippen molar-refractivity contribution in [2.45, 2.75) is 52.0 Å². The van der Waals surface area contributed by atoms with Crippen LogP contribution >= 0.6 is 0 Å². The maximum atomic E-state index is 12.8. The zero-order chi connectivity index (χ0) is 21.5. The topological polar surface area (TPSA) is 74.2 Å². The van der Waals surface area contributed by atoms with Crippen LogP contribution in [0.1, 0.15) is 54.5 Å². The van der Waals surface area contributed by atoms with Gasteiger partial charge in [-0.2, -0.15) is 5.26 Å². The molecule has 0 fully saturated rings. The second kappa shape index (κ2) is 9.98. The second-order valence-electron chi connectivity index (χ2n) is 7.69. The number of nitrogens with one attached hydrogen (secondary N) is 2. The van der Waals surface area contributed by atoms with Gasteiger partial charge in [-0.15, -0.1) is 0 Å². The Morgan fingerprint density at radius 2 is 1.97 bits per heavy atom. The largest absolute Gasteiger partial charge is 0.495 e. The van der Waals surface area contributed by atoms with Crippen LogP contribution in [0.4, 0.5) is 5.69 Å². The molecule has 0 heterocycles. The Bertz CT molecular complexity index is 988. The van der Waals surface area contributed by atoms with Crippen LogP contribution in [0, 0.1) is 18.3 Å². The van der Waals surface area contributed by atoms with Crippen LogP contribution in [-0.4, -0.2) is 13.0 Å². The van der Waals surface area contributed by atoms with Gasteiger partial charge in [0.1, 0.15) is 17.4 Å². The third kappa shape index (κ3) is 5.01. The van der Waals surface area contributed by atoms with E-state index >= 15 is 0 Å². The van der Waals surface area contributed by atoms with E-state index < -0.39 is 0 Å². The SMILES string of the molecule is CCC(NC(=O)/C(C#N)=C\Nc1cc(C)ccc1OC)c1ccc2c(c1)CCCC2. The summed E-state index contributed by atoms with van der Waals surface area (Å²) in [5, 5.41) is 15.6. The summed E-state index contributed by atoms with van der Waals surface area (Å²) >= 11 is 0. The number of fused-ring (bicyclic) bond motifs is 1. The zero-order valence-electron chi connectivity index (χ0n) is 17.9. The number of rotatable bonds is 7. The van der Waals surface area contributed by atoms with E-state index in [9.17, 15) is 10.1 Å². The molecule has 1 aliphatic rings. The van der Waals surface area contributed by atoms with Crippen LogP contribution in [0.3, 0.4) is 0 Å². The lowest BCUT2D eigenvalue weighted by Crippen LogP contribution is -2.29. The first-order valence-corrected chi connectivity index (χ1v) is 10.5. The molecule has 0 spiro atoms. The number of nitrogens with zero attached hydrogens (tertiary/aromatic N) is 1. The first-order chi connectivity index (χ1) is 14.5. The normalized spacial score (nSPS) is 14.3. The molecule has 1 unspecified atom stereocenters. The predicted octanol–water partition coefficient (Wildman–Crippen LogP) is 4.97. The molecule has 3 rings (SSSR count). The van der Waals surface area contributed by atoms with Gasteiger partial charge in [-0.1, -0.05) is 31.2 Å². The lowest BCUT2D eigenvalue weighted by Gasteiger charge is -2.21. The highest BCUT2D eigenvalue weighted by Crippen LogP contribution is 2.27. The minimum atomic E-state index is -0.388. The van der Waals surface area contributed by atoms with Gasteiger partial charge in [0.15, 0.2) is 0 Å². The molecule has 5 heteroatoms. The standard InChI is InChI=1S/C25H29N3O2/c1-4-22(20-11-10-18-7-5-6-8-19(18)14-20)28-25(29)21(15-26)16-27-23-13-17(2)9-12-24(23)30-3/h9-14,16,22,27H,4-8H2,1-3H3,(H,28,29)/b21-16-. The van der Waals surface area contributed by atoms with Crippen LogP contribution < -0.4 is 15.4 Å². The van der Waals surface area contributed by atoms with Crippen LogP contribution in [0.2, 0.25) is 0 Å². The Morgan fingerprint density at radius 3 is 2.67 bits per heavy atom. The van der Waals surface area contributed by atoms with Crippen molar-refractivity contribution in [3.8, 4) is 11.8 Å². The first-order valence-electron chi connectivity index (χ1n) is 10.5. The highest BCUT2D eigenvalue weighted by atomic mass is 16.5. The number of benzene rings is 2. The Balaban J connectivity index is 1.74. The Morgan fingerprint density at radius 1 is 1.20 bits per heavy atom. The molecule has 1 aliphatic carbocycles. The zero-order valence-corrected chi connectivity index (χ0v) is 17.9. The molecule has 2 N–H and O–H groups in total. The van der Waals surface area contributed by atoms with Crippen LogP contribution in [0.15, 0.2) is 48.2 Å². The van der Waals surface area contributed by atoms with Gasteiger partial charge < -0.3 is 15.4 Å². The number of aryl methyl sites for hydroxylation is 3.